The normalized spacial score (nSPS) is 20.4. The van der Waals surface area contributed by atoms with E-state index in [1.165, 1.54) is 45.5 Å². The van der Waals surface area contributed by atoms with E-state index in [1.807, 2.05) is 119 Å². The van der Waals surface area contributed by atoms with Crippen molar-refractivity contribution in [3.05, 3.63) is 160 Å². The molecule has 0 radical (unpaired) electrons. The lowest BCUT2D eigenvalue weighted by atomic mass is 9.71. The molecule has 108 heavy (non-hydrogen) atoms. The van der Waals surface area contributed by atoms with E-state index in [4.69, 9.17) is 16.3 Å². The number of nitrogens with one attached hydrogen (secondary N) is 5. The van der Waals surface area contributed by atoms with Crippen LogP contribution < -0.4 is 30.9 Å². The number of aliphatic hydroxyl groups is 1. The number of halogens is 4. The standard InChI is InChI=1S/C79H99ClF3N11O9S5/c1-52(54-12-14-56(15-13-54)71-53(2)84-51-106-71)85-74(98)68-44-63(95)48-94(68)75(99)72(77(3,4)5)88-70(96)30-43-104-76(100)87-60-27-33-92(34-28-60)50-78(6)31-26-66(55-16-20-59(80)21-17-55)58(46-78)47-91-35-37-93(38-36-91)62-22-18-57(19-23-62)73(97)89-107-65-24-25-67(69(45-65)108(101,102)79(81,82)83)86-61(29-32-90-39-41-103-42-40-90)49-105-64-10-8-7-9-11-64/h7-25,45,51-52,60-61,63,68,72,86,95H,26-44,46-50H2,1-6H3,(H,85,98)(H,87,100)(H,88,96)(H,89,97)/t52-,61+,63+,68-,72+,78?/m0/s1. The fraction of sp³-hybridized carbons (Fsp3) is 0.494. The molecule has 20 nitrogen and oxygen atoms in total. The Kier molecular flexibility index (Phi) is 28.3. The van der Waals surface area contributed by atoms with E-state index in [2.05, 4.69) is 69.6 Å². The van der Waals surface area contributed by atoms with Crippen LogP contribution in [-0.4, -0.2) is 206 Å². The summed E-state index contributed by atoms with van der Waals surface area (Å²) in [5.41, 5.74) is 3.41. The van der Waals surface area contributed by atoms with Crippen molar-refractivity contribution in [2.45, 2.75) is 149 Å². The third-order valence-corrected chi connectivity index (χ3v) is 26.4. The number of β-amino-alcohol motifs (C(OH)–C–C–N with tert-alkyl or cyclic N) is 1. The zero-order chi connectivity index (χ0) is 76.9. The molecule has 0 spiro atoms. The maximum absolute atomic E-state index is 14.4. The number of likely N-dealkylation sites (tertiary alicyclic amines) is 2. The molecule has 1 aliphatic carbocycles. The Labute approximate surface area is 654 Å². The van der Waals surface area contributed by atoms with Gasteiger partial charge < -0.3 is 45.8 Å². The minimum atomic E-state index is -5.81. The summed E-state index contributed by atoms with van der Waals surface area (Å²) < 4.78 is 77.7. The molecule has 0 bridgehead atoms. The molecule has 11 rings (SSSR count). The Morgan fingerprint density at radius 2 is 1.52 bits per heavy atom. The van der Waals surface area contributed by atoms with Crippen molar-refractivity contribution < 1.29 is 55.4 Å². The molecular weight excluding hydrogens is 1500 g/mol. The van der Waals surface area contributed by atoms with Crippen LogP contribution in [-0.2, 0) is 29.0 Å². The number of rotatable bonds is 28. The Hall–Kier alpha value is -6.70. The van der Waals surface area contributed by atoms with Gasteiger partial charge in [0.15, 0.2) is 0 Å². The van der Waals surface area contributed by atoms with Crippen molar-refractivity contribution in [3.63, 3.8) is 0 Å². The first-order valence-electron chi connectivity index (χ1n) is 37.0. The van der Waals surface area contributed by atoms with Gasteiger partial charge in [-0.25, -0.2) is 13.4 Å². The van der Waals surface area contributed by atoms with E-state index in [0.29, 0.717) is 42.5 Å². The number of aromatic nitrogens is 1. The molecule has 5 heterocycles. The van der Waals surface area contributed by atoms with Crippen LogP contribution in [0.2, 0.25) is 5.02 Å². The summed E-state index contributed by atoms with van der Waals surface area (Å²) in [6.45, 7) is 21.4. The molecule has 5 amide bonds. The van der Waals surface area contributed by atoms with Crippen molar-refractivity contribution in [1.29, 1.82) is 0 Å². The second-order valence-corrected chi connectivity index (χ2v) is 36.4. The third kappa shape index (κ3) is 22.1. The number of sulfone groups is 1. The minimum absolute atomic E-state index is 0.00165. The monoisotopic (exact) mass is 1600 g/mol. The van der Waals surface area contributed by atoms with E-state index < -0.39 is 67.6 Å². The molecule has 29 heteroatoms. The first-order valence-corrected chi connectivity index (χ1v) is 42.5. The number of hydrogen-bond donors (Lipinski definition) is 6. The van der Waals surface area contributed by atoms with Crippen LogP contribution in [0.1, 0.15) is 119 Å². The molecule has 6 aromatic rings. The second kappa shape index (κ2) is 37.1. The van der Waals surface area contributed by atoms with E-state index in [1.54, 1.807) is 23.5 Å². The van der Waals surface area contributed by atoms with Gasteiger partial charge in [0.25, 0.3) is 21.0 Å². The number of piperidine rings is 1. The van der Waals surface area contributed by atoms with Gasteiger partial charge >= 0.3 is 5.51 Å². The van der Waals surface area contributed by atoms with Crippen molar-refractivity contribution in [1.82, 2.24) is 45.3 Å². The summed E-state index contributed by atoms with van der Waals surface area (Å²) in [7, 11) is -5.81. The molecule has 6 N–H and O–H groups in total. The highest BCUT2D eigenvalue weighted by Gasteiger charge is 2.49. The predicted octanol–water partition coefficient (Wildman–Crippen LogP) is 13.2. The fourth-order valence-corrected chi connectivity index (χ4v) is 19.1. The van der Waals surface area contributed by atoms with Crippen LogP contribution in [0, 0.1) is 17.8 Å². The average Bonchev–Trinajstić information content (AvgIpc) is 0.879. The van der Waals surface area contributed by atoms with Crippen LogP contribution in [0.4, 0.5) is 29.3 Å². The summed E-state index contributed by atoms with van der Waals surface area (Å²) >= 11 is 11.3. The Balaban J connectivity index is 0.625. The number of aliphatic hydroxyl groups excluding tert-OH is 1. The number of morpholine rings is 1. The molecule has 5 aromatic carbocycles. The fourth-order valence-electron chi connectivity index (χ4n) is 14.8. The van der Waals surface area contributed by atoms with Gasteiger partial charge in [-0.2, -0.15) is 13.2 Å². The largest absolute Gasteiger partial charge is 0.501 e. The molecule has 4 aliphatic heterocycles. The van der Waals surface area contributed by atoms with Crippen molar-refractivity contribution in [3.8, 4) is 10.4 Å². The van der Waals surface area contributed by atoms with E-state index >= 15 is 0 Å². The van der Waals surface area contributed by atoms with Gasteiger partial charge in [0, 0.05) is 141 Å². The topological polar surface area (TPSA) is 238 Å². The Morgan fingerprint density at radius 3 is 2.19 bits per heavy atom. The third-order valence-electron chi connectivity index (χ3n) is 20.9. The quantitative estimate of drug-likeness (QED) is 0.0198. The van der Waals surface area contributed by atoms with Crippen LogP contribution in [0.25, 0.3) is 16.0 Å². The molecular formula is C79H99ClF3N11O9S5. The number of aryl methyl sites for hydroxylation is 1. The molecule has 4 saturated heterocycles. The highest BCUT2D eigenvalue weighted by Crippen LogP contribution is 2.45. The number of thiazole rings is 1. The minimum Gasteiger partial charge on any atom is -0.391 e. The van der Waals surface area contributed by atoms with Gasteiger partial charge in [-0.3, -0.25) is 38.5 Å². The first-order chi connectivity index (χ1) is 51.5. The Bertz CT molecular complexity index is 4210. The van der Waals surface area contributed by atoms with E-state index in [9.17, 15) is 50.7 Å². The summed E-state index contributed by atoms with van der Waals surface area (Å²) in [6, 6.07) is 33.9. The van der Waals surface area contributed by atoms with Gasteiger partial charge in [0.05, 0.1) is 47.1 Å². The van der Waals surface area contributed by atoms with Crippen LogP contribution in [0.15, 0.2) is 147 Å². The van der Waals surface area contributed by atoms with Crippen LogP contribution >= 0.6 is 58.4 Å². The van der Waals surface area contributed by atoms with Crippen LogP contribution in [0.3, 0.4) is 0 Å². The molecule has 582 valence electrons. The smallest absolute Gasteiger partial charge is 0.391 e. The highest BCUT2D eigenvalue weighted by molar-refractivity contribution is 8.13. The number of hydrogen-bond acceptors (Lipinski definition) is 19. The number of carbonyl (C=O) groups is 5. The molecule has 6 atom stereocenters. The number of alkyl halides is 3. The number of amides is 5. The number of thioether (sulfide) groups is 2. The maximum atomic E-state index is 14.4. The lowest BCUT2D eigenvalue weighted by Gasteiger charge is -2.44. The van der Waals surface area contributed by atoms with Crippen molar-refractivity contribution in [2.75, 3.05) is 113 Å². The SMILES string of the molecule is Cc1ncsc1-c1ccc([C@H](C)NC(=O)[C@@H]2C[C@@H](O)CN2C(=O)[C@@H](NC(=O)CCSC(=O)NC2CCN(CC3(C)CCC(c4ccc(Cl)cc4)=C(CN4CCN(c5ccc(C(=O)NSc6ccc(N[C@H](CCN7CCOCC7)CSc7ccccc7)c(S(=O)(=O)C(F)(F)F)c6)cc5)CC4)C3)CC2)C(C)(C)C)cc1. The van der Waals surface area contributed by atoms with Gasteiger partial charge in [-0.15, -0.1) is 23.1 Å². The lowest BCUT2D eigenvalue weighted by Crippen LogP contribution is -2.57. The predicted molar refractivity (Wildman–Crippen MR) is 426 cm³/mol. The lowest BCUT2D eigenvalue weighted by molar-refractivity contribution is -0.144. The number of nitrogens with zero attached hydrogens (tertiary/aromatic N) is 6. The zero-order valence-electron chi connectivity index (χ0n) is 62.0. The Morgan fingerprint density at radius 1 is 0.824 bits per heavy atom. The van der Waals surface area contributed by atoms with Crippen molar-refractivity contribution in [2.24, 2.45) is 10.8 Å². The molecule has 1 aromatic heterocycles. The summed E-state index contributed by atoms with van der Waals surface area (Å²) in [5.74, 6) is -1.07. The van der Waals surface area contributed by atoms with Crippen molar-refractivity contribution >= 4 is 114 Å². The van der Waals surface area contributed by atoms with Crippen LogP contribution in [0.5, 0.6) is 0 Å². The van der Waals surface area contributed by atoms with Gasteiger partial charge in [0.2, 0.25) is 17.7 Å². The zero-order valence-corrected chi connectivity index (χ0v) is 66.8. The first kappa shape index (κ1) is 82.3. The number of ether oxygens (including phenoxy) is 1. The summed E-state index contributed by atoms with van der Waals surface area (Å²) in [4.78, 5) is 85.2. The molecule has 4 fully saturated rings. The number of carbonyl (C=O) groups excluding carboxylic acids is 5. The van der Waals surface area contributed by atoms with Gasteiger partial charge in [-0.1, -0.05) is 111 Å². The van der Waals surface area contributed by atoms with Gasteiger partial charge in [-0.05, 0) is 164 Å². The number of allylic oxidation sites excluding steroid dienone is 1. The number of benzene rings is 5. The second-order valence-electron chi connectivity index (χ2n) is 30.2. The van der Waals surface area contributed by atoms with E-state index in [0.717, 1.165) is 160 Å². The number of anilines is 2. The highest BCUT2D eigenvalue weighted by atomic mass is 35.5. The summed E-state index contributed by atoms with van der Waals surface area (Å²) in [6.07, 6.45) is 4.11. The molecule has 5 aliphatic rings. The van der Waals surface area contributed by atoms with Gasteiger partial charge in [0.1, 0.15) is 17.0 Å². The molecule has 1 unspecified atom stereocenters. The van der Waals surface area contributed by atoms with E-state index in [-0.39, 0.29) is 64.4 Å². The average molecular weight is 1600 g/mol. The number of piperazine rings is 1. The summed E-state index contributed by atoms with van der Waals surface area (Å²) in [5, 5.41) is 23.6. The molecule has 0 saturated carbocycles. The maximum Gasteiger partial charge on any atom is 0.501 e.